The fourth-order valence-corrected chi connectivity index (χ4v) is 3.32. The number of nitrogens with zero attached hydrogens (tertiary/aromatic N) is 5. The smallest absolute Gasteiger partial charge is 0.236 e. The van der Waals surface area contributed by atoms with Crippen LogP contribution in [0.3, 0.4) is 0 Å². The van der Waals surface area contributed by atoms with Crippen LogP contribution in [0.25, 0.3) is 5.69 Å². The Bertz CT molecular complexity index is 684. The lowest BCUT2D eigenvalue weighted by Crippen LogP contribution is -2.44. The highest BCUT2D eigenvalue weighted by atomic mass is 32.2. The van der Waals surface area contributed by atoms with E-state index in [0.717, 1.165) is 11.3 Å². The van der Waals surface area contributed by atoms with Crippen molar-refractivity contribution in [3.05, 3.63) is 29.8 Å². The second-order valence-corrected chi connectivity index (χ2v) is 6.72. The van der Waals surface area contributed by atoms with Gasteiger partial charge in [0.2, 0.25) is 11.1 Å². The number of rotatable bonds is 4. The number of hydrogen-bond donors (Lipinski definition) is 0. The summed E-state index contributed by atoms with van der Waals surface area (Å²) in [5.74, 6) is 0.0945. The first kappa shape index (κ1) is 15.9. The molecule has 7 nitrogen and oxygen atoms in total. The molecule has 1 aromatic heterocycles. The van der Waals surface area contributed by atoms with Gasteiger partial charge in [-0.15, -0.1) is 5.10 Å². The summed E-state index contributed by atoms with van der Waals surface area (Å²) in [6, 6.07) is 7.94. The highest BCUT2D eigenvalue weighted by Crippen LogP contribution is 2.24. The Balaban J connectivity index is 1.73. The van der Waals surface area contributed by atoms with Crippen LogP contribution in [-0.2, 0) is 9.53 Å². The molecule has 1 amide bonds. The molecule has 0 saturated carbocycles. The molecule has 1 aliphatic heterocycles. The molecule has 1 saturated heterocycles. The predicted molar refractivity (Wildman–Crippen MR) is 86.6 cm³/mol. The van der Waals surface area contributed by atoms with Crippen LogP contribution < -0.4 is 0 Å². The molecule has 0 aliphatic carbocycles. The van der Waals surface area contributed by atoms with E-state index in [0.29, 0.717) is 31.5 Å². The van der Waals surface area contributed by atoms with Crippen molar-refractivity contribution in [1.29, 1.82) is 0 Å². The van der Waals surface area contributed by atoms with Crippen LogP contribution in [0, 0.1) is 6.92 Å². The van der Waals surface area contributed by atoms with Gasteiger partial charge in [0.1, 0.15) is 0 Å². The number of tetrazole rings is 1. The van der Waals surface area contributed by atoms with Gasteiger partial charge in [0.05, 0.1) is 24.2 Å². The zero-order chi connectivity index (χ0) is 16.2. The van der Waals surface area contributed by atoms with Crippen molar-refractivity contribution < 1.29 is 9.53 Å². The lowest BCUT2D eigenvalue weighted by atomic mass is 10.2. The highest BCUT2D eigenvalue weighted by Gasteiger charge is 2.25. The Morgan fingerprint density at radius 1 is 1.35 bits per heavy atom. The fourth-order valence-electron chi connectivity index (χ4n) is 2.42. The van der Waals surface area contributed by atoms with E-state index >= 15 is 0 Å². The standard InChI is InChI=1S/C15H19N5O2S/c1-11-4-3-5-13(10-11)20-15(16-17-18-20)23-12(2)14(21)19-6-8-22-9-7-19/h3-5,10,12H,6-9H2,1-2H3. The molecular formula is C15H19N5O2S. The summed E-state index contributed by atoms with van der Waals surface area (Å²) in [4.78, 5) is 14.3. The number of morpholine rings is 1. The highest BCUT2D eigenvalue weighted by molar-refractivity contribution is 8.00. The van der Waals surface area contributed by atoms with Gasteiger partial charge in [0.15, 0.2) is 0 Å². The molecule has 0 radical (unpaired) electrons. The molecule has 1 unspecified atom stereocenters. The molecule has 2 heterocycles. The number of amides is 1. The van der Waals surface area contributed by atoms with Gasteiger partial charge in [-0.3, -0.25) is 4.79 Å². The average Bonchev–Trinajstić information content (AvgIpc) is 3.03. The summed E-state index contributed by atoms with van der Waals surface area (Å²) >= 11 is 1.37. The van der Waals surface area contributed by atoms with E-state index in [1.54, 1.807) is 4.68 Å². The molecule has 0 spiro atoms. The van der Waals surface area contributed by atoms with Crippen molar-refractivity contribution in [2.24, 2.45) is 0 Å². The molecule has 1 fully saturated rings. The van der Waals surface area contributed by atoms with E-state index in [4.69, 9.17) is 4.74 Å². The van der Waals surface area contributed by atoms with Crippen molar-refractivity contribution in [3.8, 4) is 5.69 Å². The minimum absolute atomic E-state index is 0.0945. The van der Waals surface area contributed by atoms with Crippen LogP contribution in [0.2, 0.25) is 0 Å². The number of benzene rings is 1. The van der Waals surface area contributed by atoms with E-state index < -0.39 is 0 Å². The average molecular weight is 333 g/mol. The van der Waals surface area contributed by atoms with Crippen molar-refractivity contribution in [2.75, 3.05) is 26.3 Å². The summed E-state index contributed by atoms with van der Waals surface area (Å²) in [6.45, 7) is 6.40. The molecule has 23 heavy (non-hydrogen) atoms. The normalized spacial score (nSPS) is 16.3. The molecule has 0 N–H and O–H groups in total. The summed E-state index contributed by atoms with van der Waals surface area (Å²) in [7, 11) is 0. The van der Waals surface area contributed by atoms with Crippen molar-refractivity contribution in [3.63, 3.8) is 0 Å². The van der Waals surface area contributed by atoms with E-state index in [2.05, 4.69) is 15.5 Å². The Hall–Kier alpha value is -1.93. The molecule has 1 atom stereocenters. The monoisotopic (exact) mass is 333 g/mol. The van der Waals surface area contributed by atoms with Gasteiger partial charge in [0, 0.05) is 13.1 Å². The third kappa shape index (κ3) is 3.70. The summed E-state index contributed by atoms with van der Waals surface area (Å²) in [6.07, 6.45) is 0. The maximum absolute atomic E-state index is 12.5. The minimum atomic E-state index is -0.248. The maximum Gasteiger partial charge on any atom is 0.236 e. The van der Waals surface area contributed by atoms with E-state index in [1.807, 2.05) is 43.0 Å². The van der Waals surface area contributed by atoms with E-state index in [9.17, 15) is 4.79 Å². The van der Waals surface area contributed by atoms with Gasteiger partial charge < -0.3 is 9.64 Å². The largest absolute Gasteiger partial charge is 0.378 e. The Labute approximate surface area is 139 Å². The van der Waals surface area contributed by atoms with Crippen LogP contribution in [-0.4, -0.2) is 62.6 Å². The molecule has 3 rings (SSSR count). The molecule has 8 heteroatoms. The number of ether oxygens (including phenoxy) is 1. The van der Waals surface area contributed by atoms with Gasteiger partial charge in [0.25, 0.3) is 0 Å². The molecule has 0 bridgehead atoms. The number of carbonyl (C=O) groups is 1. The van der Waals surface area contributed by atoms with Gasteiger partial charge in [-0.25, -0.2) is 0 Å². The SMILES string of the molecule is Cc1cccc(-n2nnnc2SC(C)C(=O)N2CCOCC2)c1. The quantitative estimate of drug-likeness (QED) is 0.786. The lowest BCUT2D eigenvalue weighted by Gasteiger charge is -2.28. The van der Waals surface area contributed by atoms with Crippen LogP contribution in [0.4, 0.5) is 0 Å². The Morgan fingerprint density at radius 2 is 2.13 bits per heavy atom. The first-order valence-electron chi connectivity index (χ1n) is 7.54. The predicted octanol–water partition coefficient (Wildman–Crippen LogP) is 1.31. The molecule has 122 valence electrons. The second kappa shape index (κ2) is 7.10. The third-order valence-electron chi connectivity index (χ3n) is 3.64. The first-order chi connectivity index (χ1) is 11.1. The first-order valence-corrected chi connectivity index (χ1v) is 8.42. The molecule has 2 aromatic rings. The van der Waals surface area contributed by atoms with E-state index in [1.165, 1.54) is 11.8 Å². The zero-order valence-corrected chi connectivity index (χ0v) is 14.0. The zero-order valence-electron chi connectivity index (χ0n) is 13.2. The summed E-state index contributed by atoms with van der Waals surface area (Å²) in [5, 5.41) is 12.2. The maximum atomic E-state index is 12.5. The van der Waals surface area contributed by atoms with Crippen LogP contribution >= 0.6 is 11.8 Å². The van der Waals surface area contributed by atoms with Crippen molar-refractivity contribution >= 4 is 17.7 Å². The number of aryl methyl sites for hydroxylation is 1. The second-order valence-electron chi connectivity index (χ2n) is 5.41. The van der Waals surface area contributed by atoms with Gasteiger partial charge in [-0.05, 0) is 42.0 Å². The number of carbonyl (C=O) groups excluding carboxylic acids is 1. The molecular weight excluding hydrogens is 314 g/mol. The third-order valence-corrected chi connectivity index (χ3v) is 4.66. The van der Waals surface area contributed by atoms with Gasteiger partial charge >= 0.3 is 0 Å². The fraction of sp³-hybridized carbons (Fsp3) is 0.467. The Morgan fingerprint density at radius 3 is 2.87 bits per heavy atom. The number of thioether (sulfide) groups is 1. The lowest BCUT2D eigenvalue weighted by molar-refractivity contribution is -0.134. The topological polar surface area (TPSA) is 73.1 Å². The minimum Gasteiger partial charge on any atom is -0.378 e. The summed E-state index contributed by atoms with van der Waals surface area (Å²) < 4.78 is 6.95. The van der Waals surface area contributed by atoms with Crippen LogP contribution in [0.1, 0.15) is 12.5 Å². The van der Waals surface area contributed by atoms with Gasteiger partial charge in [-0.1, -0.05) is 23.9 Å². The summed E-state index contributed by atoms with van der Waals surface area (Å²) in [5.41, 5.74) is 2.02. The number of hydrogen-bond acceptors (Lipinski definition) is 6. The molecule has 1 aliphatic rings. The van der Waals surface area contributed by atoms with Crippen LogP contribution in [0.15, 0.2) is 29.4 Å². The van der Waals surface area contributed by atoms with Gasteiger partial charge in [-0.2, -0.15) is 4.68 Å². The van der Waals surface area contributed by atoms with Crippen molar-refractivity contribution in [1.82, 2.24) is 25.1 Å². The number of aromatic nitrogens is 4. The Kier molecular flexibility index (Phi) is 4.92. The van der Waals surface area contributed by atoms with Crippen molar-refractivity contribution in [2.45, 2.75) is 24.3 Å². The van der Waals surface area contributed by atoms with Crippen LogP contribution in [0.5, 0.6) is 0 Å². The van der Waals surface area contributed by atoms with E-state index in [-0.39, 0.29) is 11.2 Å². The molecule has 1 aromatic carbocycles.